The van der Waals surface area contributed by atoms with Gasteiger partial charge in [0.1, 0.15) is 24.1 Å². The number of aliphatic hydroxyl groups excluding tert-OH is 1. The lowest BCUT2D eigenvalue weighted by Gasteiger charge is -2.27. The summed E-state index contributed by atoms with van der Waals surface area (Å²) in [6, 6.07) is 7.05. The first-order valence-electron chi connectivity index (χ1n) is 13.9. The Hall–Kier alpha value is -3.10. The van der Waals surface area contributed by atoms with Gasteiger partial charge in [0.15, 0.2) is 9.84 Å². The molecule has 0 saturated heterocycles. The summed E-state index contributed by atoms with van der Waals surface area (Å²) >= 11 is 0. The number of unbranched alkanes of at least 4 members (excludes halogenated alkanes) is 1. The second kappa shape index (κ2) is 16.7. The Kier molecular flexibility index (Phi) is 14.0. The zero-order valence-corrected chi connectivity index (χ0v) is 24.8. The SMILES string of the molecule is CCCCS(=O)(=O)C[C@@H](NC(=O)CC(F)(F)F)C(=O)N[C@@H](Cc1cc(F)cc(F)c1)[C@H](O)CNCc1cccc(CC)c1. The Morgan fingerprint density at radius 3 is 2.21 bits per heavy atom. The van der Waals surface area contributed by atoms with Gasteiger partial charge in [-0.15, -0.1) is 0 Å². The van der Waals surface area contributed by atoms with Crippen molar-refractivity contribution < 1.29 is 45.1 Å². The summed E-state index contributed by atoms with van der Waals surface area (Å²) in [5.41, 5.74) is 2.04. The van der Waals surface area contributed by atoms with Crippen LogP contribution in [-0.4, -0.2) is 67.8 Å². The lowest BCUT2D eigenvalue weighted by molar-refractivity contribution is -0.155. The Morgan fingerprint density at radius 2 is 1.60 bits per heavy atom. The first kappa shape index (κ1) is 36.1. The van der Waals surface area contributed by atoms with Gasteiger partial charge in [0.2, 0.25) is 11.8 Å². The average molecular weight is 636 g/mol. The van der Waals surface area contributed by atoms with E-state index in [1.807, 2.05) is 36.5 Å². The second-order valence-electron chi connectivity index (χ2n) is 10.3. The number of benzene rings is 2. The van der Waals surface area contributed by atoms with Crippen LogP contribution in [0.2, 0.25) is 0 Å². The number of alkyl halides is 3. The number of amides is 2. The standard InChI is InChI=1S/C29H38F5N3O5S/c1-3-5-9-43(41,42)18-25(36-27(39)15-29(32,33)34)28(40)37-24(13-21-11-22(30)14-23(31)12-21)26(38)17-35-16-20-8-6-7-19(4-2)10-20/h6-8,10-12,14,24-26,35,38H,3-5,9,13,15-18H2,1-2H3,(H,36,39)(H,37,40)/t24-,25+,26+/m0/s1. The van der Waals surface area contributed by atoms with Gasteiger partial charge in [-0.05, 0) is 48.1 Å². The fraction of sp³-hybridized carbons (Fsp3) is 0.517. The second-order valence-corrected chi connectivity index (χ2v) is 12.6. The van der Waals surface area contributed by atoms with Gasteiger partial charge in [0, 0.05) is 19.2 Å². The minimum Gasteiger partial charge on any atom is -0.390 e. The summed E-state index contributed by atoms with van der Waals surface area (Å²) in [5, 5.41) is 18.2. The van der Waals surface area contributed by atoms with Gasteiger partial charge < -0.3 is 21.1 Å². The minimum atomic E-state index is -4.91. The van der Waals surface area contributed by atoms with E-state index in [1.54, 1.807) is 6.92 Å². The van der Waals surface area contributed by atoms with E-state index < -0.39 is 69.8 Å². The van der Waals surface area contributed by atoms with Crippen LogP contribution in [0.25, 0.3) is 0 Å². The van der Waals surface area contributed by atoms with Gasteiger partial charge in [-0.3, -0.25) is 9.59 Å². The minimum absolute atomic E-state index is 0.0470. The number of nitrogens with one attached hydrogen (secondary N) is 3. The van der Waals surface area contributed by atoms with E-state index in [0.717, 1.165) is 29.7 Å². The van der Waals surface area contributed by atoms with Crippen LogP contribution in [0.5, 0.6) is 0 Å². The summed E-state index contributed by atoms with van der Waals surface area (Å²) in [4.78, 5) is 25.3. The fourth-order valence-electron chi connectivity index (χ4n) is 4.33. The maximum atomic E-state index is 13.9. The molecule has 0 aliphatic rings. The molecule has 240 valence electrons. The third-order valence-electron chi connectivity index (χ3n) is 6.49. The molecule has 0 aliphatic carbocycles. The molecule has 2 aromatic carbocycles. The summed E-state index contributed by atoms with van der Waals surface area (Å²) in [6.45, 7) is 3.91. The van der Waals surface area contributed by atoms with Gasteiger partial charge in [-0.1, -0.05) is 44.5 Å². The molecule has 8 nitrogen and oxygen atoms in total. The maximum absolute atomic E-state index is 13.9. The zero-order chi connectivity index (χ0) is 32.2. The Morgan fingerprint density at radius 1 is 0.953 bits per heavy atom. The third kappa shape index (κ3) is 13.8. The van der Waals surface area contributed by atoms with E-state index in [-0.39, 0.29) is 30.7 Å². The number of carbonyl (C=O) groups excluding carboxylic acids is 2. The van der Waals surface area contributed by atoms with Crippen molar-refractivity contribution in [3.8, 4) is 0 Å². The molecule has 0 aromatic heterocycles. The number of hydrogen-bond acceptors (Lipinski definition) is 6. The molecule has 0 radical (unpaired) electrons. The number of aliphatic hydroxyl groups is 1. The number of sulfone groups is 1. The van der Waals surface area contributed by atoms with Gasteiger partial charge in [0.25, 0.3) is 0 Å². The zero-order valence-electron chi connectivity index (χ0n) is 24.0. The van der Waals surface area contributed by atoms with Crippen LogP contribution in [0, 0.1) is 11.6 Å². The van der Waals surface area contributed by atoms with Crippen molar-refractivity contribution in [3.63, 3.8) is 0 Å². The van der Waals surface area contributed by atoms with Crippen molar-refractivity contribution in [2.24, 2.45) is 0 Å². The first-order valence-corrected chi connectivity index (χ1v) is 15.7. The fourth-order valence-corrected chi connectivity index (χ4v) is 5.97. The molecule has 4 N–H and O–H groups in total. The van der Waals surface area contributed by atoms with E-state index >= 15 is 0 Å². The predicted octanol–water partition coefficient (Wildman–Crippen LogP) is 3.36. The number of halogens is 5. The number of rotatable bonds is 17. The van der Waals surface area contributed by atoms with E-state index in [9.17, 15) is 45.1 Å². The molecular formula is C29H38F5N3O5S. The van der Waals surface area contributed by atoms with Crippen LogP contribution in [0.4, 0.5) is 22.0 Å². The van der Waals surface area contributed by atoms with E-state index in [1.165, 1.54) is 0 Å². The summed E-state index contributed by atoms with van der Waals surface area (Å²) in [5.74, 6) is -5.96. The lowest BCUT2D eigenvalue weighted by Crippen LogP contribution is -2.57. The highest BCUT2D eigenvalue weighted by atomic mass is 32.2. The Labute approximate surface area is 248 Å². The van der Waals surface area contributed by atoms with E-state index in [2.05, 4.69) is 10.6 Å². The normalized spacial score (nSPS) is 14.1. The largest absolute Gasteiger partial charge is 0.397 e. The average Bonchev–Trinajstić information content (AvgIpc) is 2.89. The van der Waals surface area contributed by atoms with Crippen molar-refractivity contribution in [1.82, 2.24) is 16.0 Å². The molecule has 0 heterocycles. The molecule has 43 heavy (non-hydrogen) atoms. The number of aryl methyl sites for hydroxylation is 1. The van der Waals surface area contributed by atoms with Gasteiger partial charge >= 0.3 is 6.18 Å². The monoisotopic (exact) mass is 635 g/mol. The molecular weight excluding hydrogens is 597 g/mol. The van der Waals surface area contributed by atoms with E-state index in [0.29, 0.717) is 19.0 Å². The summed E-state index contributed by atoms with van der Waals surface area (Å²) in [7, 11) is -3.98. The number of carbonyl (C=O) groups is 2. The van der Waals surface area contributed by atoms with Crippen LogP contribution in [0.1, 0.15) is 49.8 Å². The van der Waals surface area contributed by atoms with Crippen molar-refractivity contribution in [3.05, 3.63) is 70.8 Å². The van der Waals surface area contributed by atoms with Crippen molar-refractivity contribution in [2.75, 3.05) is 18.1 Å². The van der Waals surface area contributed by atoms with Crippen LogP contribution in [0.3, 0.4) is 0 Å². The molecule has 0 bridgehead atoms. The van der Waals surface area contributed by atoms with Gasteiger partial charge in [0.05, 0.1) is 23.7 Å². The molecule has 2 rings (SSSR count). The Bertz CT molecular complexity index is 1300. The molecule has 0 aliphatic heterocycles. The van der Waals surface area contributed by atoms with E-state index in [4.69, 9.17) is 0 Å². The van der Waals surface area contributed by atoms with Crippen molar-refractivity contribution in [2.45, 2.75) is 76.9 Å². The van der Waals surface area contributed by atoms with Crippen molar-refractivity contribution >= 4 is 21.7 Å². The lowest BCUT2D eigenvalue weighted by atomic mass is 10.00. The molecule has 0 fully saturated rings. The maximum Gasteiger partial charge on any atom is 0.397 e. The van der Waals surface area contributed by atoms with Crippen LogP contribution >= 0.6 is 0 Å². The molecule has 2 amide bonds. The molecule has 14 heteroatoms. The van der Waals surface area contributed by atoms with Crippen molar-refractivity contribution in [1.29, 1.82) is 0 Å². The van der Waals surface area contributed by atoms with Crippen LogP contribution in [-0.2, 0) is 38.8 Å². The highest BCUT2D eigenvalue weighted by Crippen LogP contribution is 2.19. The van der Waals surface area contributed by atoms with Gasteiger partial charge in [-0.2, -0.15) is 13.2 Å². The molecule has 2 aromatic rings. The quantitative estimate of drug-likeness (QED) is 0.198. The third-order valence-corrected chi connectivity index (χ3v) is 8.25. The molecule has 0 spiro atoms. The Balaban J connectivity index is 2.28. The highest BCUT2D eigenvalue weighted by Gasteiger charge is 2.35. The summed E-state index contributed by atoms with van der Waals surface area (Å²) in [6.07, 6.45) is -7.03. The van der Waals surface area contributed by atoms with Crippen LogP contribution < -0.4 is 16.0 Å². The molecule has 3 atom stereocenters. The molecule has 0 unspecified atom stereocenters. The smallest absolute Gasteiger partial charge is 0.390 e. The predicted molar refractivity (Wildman–Crippen MR) is 152 cm³/mol. The molecule has 0 saturated carbocycles. The van der Waals surface area contributed by atoms with Gasteiger partial charge in [-0.25, -0.2) is 17.2 Å². The first-order chi connectivity index (χ1) is 20.1. The van der Waals surface area contributed by atoms with Crippen LogP contribution in [0.15, 0.2) is 42.5 Å². The highest BCUT2D eigenvalue weighted by molar-refractivity contribution is 7.91. The number of hydrogen-bond donors (Lipinski definition) is 4. The summed E-state index contributed by atoms with van der Waals surface area (Å²) < 4.78 is 91.3. The topological polar surface area (TPSA) is 125 Å².